The first kappa shape index (κ1) is 22.8. The van der Waals surface area contributed by atoms with E-state index in [2.05, 4.69) is 16.4 Å². The normalized spacial score (nSPS) is 15.1. The van der Waals surface area contributed by atoms with Gasteiger partial charge in [0.25, 0.3) is 5.91 Å². The molecule has 1 amide bonds. The van der Waals surface area contributed by atoms with E-state index in [4.69, 9.17) is 4.42 Å². The van der Waals surface area contributed by atoms with Crippen molar-refractivity contribution in [2.24, 2.45) is 0 Å². The molecule has 1 aliphatic rings. The Hall–Kier alpha value is -3.96. The summed E-state index contributed by atoms with van der Waals surface area (Å²) < 4.78 is 31.7. The molecule has 1 fully saturated rings. The molecule has 2 aromatic carbocycles. The summed E-state index contributed by atoms with van der Waals surface area (Å²) in [6, 6.07) is 19.0. The summed E-state index contributed by atoms with van der Waals surface area (Å²) in [7, 11) is -3.70. The summed E-state index contributed by atoms with van der Waals surface area (Å²) in [5, 5.41) is 13.2. The monoisotopic (exact) mass is 485 g/mol. The molecule has 176 valence electrons. The molecule has 1 aliphatic carbocycles. The van der Waals surface area contributed by atoms with Gasteiger partial charge in [-0.3, -0.25) is 9.78 Å². The van der Waals surface area contributed by atoms with E-state index in [1.807, 2.05) is 0 Å². The van der Waals surface area contributed by atoms with Crippen molar-refractivity contribution in [3.05, 3.63) is 89.9 Å². The zero-order chi connectivity index (χ0) is 24.5. The summed E-state index contributed by atoms with van der Waals surface area (Å²) >= 11 is 0. The molecule has 1 saturated carbocycles. The van der Waals surface area contributed by atoms with Gasteiger partial charge in [0.2, 0.25) is 9.84 Å². The number of fused-ring (bicyclic) bond motifs is 1. The minimum atomic E-state index is -3.70. The lowest BCUT2D eigenvalue weighted by Crippen LogP contribution is -2.22. The van der Waals surface area contributed by atoms with E-state index in [0.717, 1.165) is 42.2 Å². The molecule has 1 N–H and O–H groups in total. The van der Waals surface area contributed by atoms with Crippen LogP contribution >= 0.6 is 0 Å². The Kier molecular flexibility index (Phi) is 5.87. The maximum atomic E-state index is 13.1. The standard InChI is InChI=1S/C27H23N3O4S/c28-18-27(12-1-2-13-27)21-5-9-23(10-6-21)35(32,33)22-7-3-19(4-8-22)16-30-26(31)24-15-20-11-14-29-17-25(20)34-24/h3-11,14-15,17H,1-2,12-13,16H2,(H,30,31). The molecule has 0 aliphatic heterocycles. The molecule has 2 aromatic heterocycles. The van der Waals surface area contributed by atoms with Crippen LogP contribution in [0.25, 0.3) is 11.0 Å². The SMILES string of the molecule is N#CC1(c2ccc(S(=O)(=O)c3ccc(CNC(=O)c4cc5ccncc5o4)cc3)cc2)CCCC1. The minimum Gasteiger partial charge on any atom is -0.449 e. The number of hydrogen-bond donors (Lipinski definition) is 1. The third-order valence-corrected chi connectivity index (χ3v) is 8.41. The van der Waals surface area contributed by atoms with E-state index in [9.17, 15) is 18.5 Å². The Morgan fingerprint density at radius 2 is 1.69 bits per heavy atom. The summed E-state index contributed by atoms with van der Waals surface area (Å²) in [5.74, 6) is -0.179. The number of pyridine rings is 1. The van der Waals surface area contributed by atoms with Gasteiger partial charge in [-0.15, -0.1) is 0 Å². The second-order valence-electron chi connectivity index (χ2n) is 8.78. The molecule has 0 spiro atoms. The number of hydrogen-bond acceptors (Lipinski definition) is 6. The van der Waals surface area contributed by atoms with Crippen molar-refractivity contribution in [1.82, 2.24) is 10.3 Å². The van der Waals surface area contributed by atoms with Crippen molar-refractivity contribution in [2.45, 2.75) is 47.4 Å². The Morgan fingerprint density at radius 1 is 1.03 bits per heavy atom. The van der Waals surface area contributed by atoms with Gasteiger partial charge in [-0.1, -0.05) is 37.1 Å². The highest BCUT2D eigenvalue weighted by Crippen LogP contribution is 2.40. The van der Waals surface area contributed by atoms with Crippen molar-refractivity contribution in [3.8, 4) is 6.07 Å². The Labute approximate surface area is 203 Å². The van der Waals surface area contributed by atoms with E-state index in [0.29, 0.717) is 5.58 Å². The predicted octanol–water partition coefficient (Wildman–Crippen LogP) is 4.93. The van der Waals surface area contributed by atoms with E-state index in [1.54, 1.807) is 60.9 Å². The van der Waals surface area contributed by atoms with Crippen LogP contribution in [0.1, 0.15) is 47.4 Å². The topological polar surface area (TPSA) is 113 Å². The second kappa shape index (κ2) is 9.01. The van der Waals surface area contributed by atoms with Crippen LogP contribution in [0, 0.1) is 11.3 Å². The highest BCUT2D eigenvalue weighted by molar-refractivity contribution is 7.91. The van der Waals surface area contributed by atoms with Crippen molar-refractivity contribution in [3.63, 3.8) is 0 Å². The van der Waals surface area contributed by atoms with Crippen molar-refractivity contribution < 1.29 is 17.6 Å². The highest BCUT2D eigenvalue weighted by atomic mass is 32.2. The van der Waals surface area contributed by atoms with Crippen LogP contribution in [0.15, 0.2) is 87.3 Å². The Morgan fingerprint density at radius 3 is 2.31 bits per heavy atom. The molecule has 7 nitrogen and oxygen atoms in total. The zero-order valence-corrected chi connectivity index (χ0v) is 19.7. The molecule has 8 heteroatoms. The Bertz CT molecular complexity index is 1490. The maximum absolute atomic E-state index is 13.1. The lowest BCUT2D eigenvalue weighted by molar-refractivity contribution is 0.0925. The van der Waals surface area contributed by atoms with E-state index in [1.165, 1.54) is 12.1 Å². The number of nitrogens with one attached hydrogen (secondary N) is 1. The molecule has 35 heavy (non-hydrogen) atoms. The molecule has 0 unspecified atom stereocenters. The number of benzene rings is 2. The zero-order valence-electron chi connectivity index (χ0n) is 18.9. The van der Waals surface area contributed by atoms with Crippen LogP contribution < -0.4 is 5.32 Å². The summed E-state index contributed by atoms with van der Waals surface area (Å²) in [4.78, 5) is 16.8. The molecule has 0 saturated heterocycles. The van der Waals surface area contributed by atoms with Gasteiger partial charge in [-0.2, -0.15) is 5.26 Å². The fourth-order valence-corrected chi connectivity index (χ4v) is 5.85. The summed E-state index contributed by atoms with van der Waals surface area (Å²) in [6.45, 7) is 0.222. The van der Waals surface area contributed by atoms with Gasteiger partial charge in [0.1, 0.15) is 0 Å². The van der Waals surface area contributed by atoms with Gasteiger partial charge in [0.15, 0.2) is 11.3 Å². The maximum Gasteiger partial charge on any atom is 0.287 e. The van der Waals surface area contributed by atoms with Gasteiger partial charge in [0, 0.05) is 18.1 Å². The fraction of sp³-hybridized carbons (Fsp3) is 0.222. The van der Waals surface area contributed by atoms with Gasteiger partial charge < -0.3 is 9.73 Å². The van der Waals surface area contributed by atoms with Crippen LogP contribution in [0.5, 0.6) is 0 Å². The smallest absolute Gasteiger partial charge is 0.287 e. The molecule has 5 rings (SSSR count). The second-order valence-corrected chi connectivity index (χ2v) is 10.7. The first-order valence-corrected chi connectivity index (χ1v) is 12.9. The van der Waals surface area contributed by atoms with Crippen molar-refractivity contribution in [2.75, 3.05) is 0 Å². The number of rotatable bonds is 6. The summed E-state index contributed by atoms with van der Waals surface area (Å²) in [5.41, 5.74) is 1.66. The number of aromatic nitrogens is 1. The fourth-order valence-electron chi connectivity index (χ4n) is 4.59. The average molecular weight is 486 g/mol. The number of nitriles is 1. The molecule has 0 atom stereocenters. The van der Waals surface area contributed by atoms with Gasteiger partial charge >= 0.3 is 0 Å². The number of sulfone groups is 1. The van der Waals surface area contributed by atoms with E-state index >= 15 is 0 Å². The lowest BCUT2D eigenvalue weighted by Gasteiger charge is -2.20. The highest BCUT2D eigenvalue weighted by Gasteiger charge is 2.36. The molecule has 0 bridgehead atoms. The summed E-state index contributed by atoms with van der Waals surface area (Å²) in [6.07, 6.45) is 6.81. The van der Waals surface area contributed by atoms with E-state index in [-0.39, 0.29) is 28.0 Å². The molecule has 0 radical (unpaired) electrons. The third kappa shape index (κ3) is 4.31. The van der Waals surface area contributed by atoms with Crippen LogP contribution in [0.3, 0.4) is 0 Å². The van der Waals surface area contributed by atoms with Crippen LogP contribution in [0.2, 0.25) is 0 Å². The lowest BCUT2D eigenvalue weighted by atomic mass is 9.80. The number of carbonyl (C=O) groups is 1. The quantitative estimate of drug-likeness (QED) is 0.414. The number of nitrogens with zero attached hydrogens (tertiary/aromatic N) is 2. The molecular weight excluding hydrogens is 462 g/mol. The average Bonchev–Trinajstić information content (AvgIpc) is 3.56. The predicted molar refractivity (Wildman–Crippen MR) is 129 cm³/mol. The molecule has 4 aromatic rings. The third-order valence-electron chi connectivity index (χ3n) is 6.62. The van der Waals surface area contributed by atoms with Crippen LogP contribution in [-0.4, -0.2) is 19.3 Å². The Balaban J connectivity index is 1.27. The first-order chi connectivity index (χ1) is 16.9. The van der Waals surface area contributed by atoms with Crippen LogP contribution in [-0.2, 0) is 21.8 Å². The minimum absolute atomic E-state index is 0.168. The van der Waals surface area contributed by atoms with Crippen molar-refractivity contribution >= 4 is 26.7 Å². The van der Waals surface area contributed by atoms with E-state index < -0.39 is 15.3 Å². The van der Waals surface area contributed by atoms with Crippen molar-refractivity contribution in [1.29, 1.82) is 5.26 Å². The van der Waals surface area contributed by atoms with Crippen LogP contribution in [0.4, 0.5) is 0 Å². The largest absolute Gasteiger partial charge is 0.449 e. The number of amides is 1. The van der Waals surface area contributed by atoms with Gasteiger partial charge in [-0.05, 0) is 60.4 Å². The van der Waals surface area contributed by atoms with Gasteiger partial charge in [-0.25, -0.2) is 8.42 Å². The molecule has 2 heterocycles. The first-order valence-electron chi connectivity index (χ1n) is 11.4. The molecular formula is C27H23N3O4S. The number of furan rings is 1. The van der Waals surface area contributed by atoms with Gasteiger partial charge in [0.05, 0.1) is 27.5 Å². The number of carbonyl (C=O) groups excluding carboxylic acids is 1.